The van der Waals surface area contributed by atoms with Crippen LogP contribution in [0.2, 0.25) is 0 Å². The number of carbonyl (C=O) groups excluding carboxylic acids is 1. The van der Waals surface area contributed by atoms with Gasteiger partial charge < -0.3 is 19.6 Å². The number of benzene rings is 1. The summed E-state index contributed by atoms with van der Waals surface area (Å²) in [7, 11) is 1.62. The molecular formula is C13H16N2O4. The van der Waals surface area contributed by atoms with Gasteiger partial charge in [0.2, 0.25) is 0 Å². The fourth-order valence-electron chi connectivity index (χ4n) is 2.10. The maximum absolute atomic E-state index is 11.3. The van der Waals surface area contributed by atoms with E-state index in [1.807, 2.05) is 24.3 Å². The third-order valence-corrected chi connectivity index (χ3v) is 3.19. The van der Waals surface area contributed by atoms with Crippen molar-refractivity contribution in [2.45, 2.75) is 0 Å². The molecular weight excluding hydrogens is 248 g/mol. The van der Waals surface area contributed by atoms with E-state index in [2.05, 4.69) is 4.90 Å². The summed E-state index contributed by atoms with van der Waals surface area (Å²) in [6.07, 6.45) is 0. The Morgan fingerprint density at radius 1 is 1.11 bits per heavy atom. The van der Waals surface area contributed by atoms with Crippen LogP contribution in [0, 0.1) is 0 Å². The van der Waals surface area contributed by atoms with E-state index in [0.717, 1.165) is 11.4 Å². The van der Waals surface area contributed by atoms with Crippen LogP contribution in [0.1, 0.15) is 0 Å². The first-order chi connectivity index (χ1) is 9.11. The Morgan fingerprint density at radius 3 is 2.16 bits per heavy atom. The van der Waals surface area contributed by atoms with E-state index < -0.39 is 11.9 Å². The van der Waals surface area contributed by atoms with E-state index in [9.17, 15) is 9.59 Å². The lowest BCUT2D eigenvalue weighted by Crippen LogP contribution is -2.50. The summed E-state index contributed by atoms with van der Waals surface area (Å²) in [6.45, 7) is 2.12. The molecule has 0 spiro atoms. The quantitative estimate of drug-likeness (QED) is 0.784. The van der Waals surface area contributed by atoms with Crippen LogP contribution < -0.4 is 9.64 Å². The van der Waals surface area contributed by atoms with Gasteiger partial charge in [0.15, 0.2) is 0 Å². The Hall–Kier alpha value is -2.24. The minimum atomic E-state index is -1.39. The van der Waals surface area contributed by atoms with Crippen LogP contribution in [0.25, 0.3) is 0 Å². The van der Waals surface area contributed by atoms with E-state index >= 15 is 0 Å². The molecule has 0 unspecified atom stereocenters. The van der Waals surface area contributed by atoms with Crippen molar-refractivity contribution in [2.75, 3.05) is 38.2 Å². The first kappa shape index (κ1) is 13.2. The highest BCUT2D eigenvalue weighted by Crippen LogP contribution is 2.20. The number of hydrogen-bond donors (Lipinski definition) is 1. The van der Waals surface area contributed by atoms with Crippen molar-refractivity contribution >= 4 is 17.6 Å². The van der Waals surface area contributed by atoms with Crippen LogP contribution in [0.3, 0.4) is 0 Å². The lowest BCUT2D eigenvalue weighted by Gasteiger charge is -2.35. The zero-order valence-corrected chi connectivity index (χ0v) is 10.7. The predicted octanol–water partition coefficient (Wildman–Crippen LogP) is 0.428. The second-order valence-corrected chi connectivity index (χ2v) is 4.28. The van der Waals surface area contributed by atoms with Gasteiger partial charge in [-0.1, -0.05) is 0 Å². The van der Waals surface area contributed by atoms with Gasteiger partial charge in [-0.15, -0.1) is 0 Å². The second kappa shape index (κ2) is 5.60. The molecule has 102 valence electrons. The first-order valence-corrected chi connectivity index (χ1v) is 6.03. The number of hydrogen-bond acceptors (Lipinski definition) is 4. The number of carboxylic acid groups (broad SMARTS) is 1. The van der Waals surface area contributed by atoms with Crippen molar-refractivity contribution in [3.63, 3.8) is 0 Å². The van der Waals surface area contributed by atoms with Crippen LogP contribution in [0.5, 0.6) is 5.75 Å². The summed E-state index contributed by atoms with van der Waals surface area (Å²) in [5, 5.41) is 8.66. The van der Waals surface area contributed by atoms with Crippen LogP contribution in [0.15, 0.2) is 24.3 Å². The van der Waals surface area contributed by atoms with Crippen LogP contribution in [-0.4, -0.2) is 55.2 Å². The molecule has 0 bridgehead atoms. The molecule has 1 aromatic rings. The van der Waals surface area contributed by atoms with E-state index in [0.29, 0.717) is 26.2 Å². The SMILES string of the molecule is COc1ccc(N2CCN(C(=O)C(=O)O)CC2)cc1. The normalized spacial score (nSPS) is 15.2. The molecule has 0 aromatic heterocycles. The molecule has 1 N–H and O–H groups in total. The summed E-state index contributed by atoms with van der Waals surface area (Å²) in [6, 6.07) is 7.66. The molecule has 0 saturated carbocycles. The Morgan fingerprint density at radius 2 is 1.68 bits per heavy atom. The third kappa shape index (κ3) is 2.96. The minimum Gasteiger partial charge on any atom is -0.497 e. The number of rotatable bonds is 2. The van der Waals surface area contributed by atoms with Crippen LogP contribution in [-0.2, 0) is 9.59 Å². The highest BCUT2D eigenvalue weighted by Gasteiger charge is 2.25. The summed E-state index contributed by atoms with van der Waals surface area (Å²) in [5.74, 6) is -1.42. The predicted molar refractivity (Wildman–Crippen MR) is 69.4 cm³/mol. The van der Waals surface area contributed by atoms with Crippen molar-refractivity contribution < 1.29 is 19.4 Å². The van der Waals surface area contributed by atoms with E-state index in [1.54, 1.807) is 7.11 Å². The van der Waals surface area contributed by atoms with Crippen LogP contribution >= 0.6 is 0 Å². The van der Waals surface area contributed by atoms with Crippen molar-refractivity contribution in [3.05, 3.63) is 24.3 Å². The molecule has 2 rings (SSSR count). The maximum Gasteiger partial charge on any atom is 0.394 e. The molecule has 1 amide bonds. The Balaban J connectivity index is 1.95. The Labute approximate surface area is 111 Å². The molecule has 0 aliphatic carbocycles. The van der Waals surface area contributed by atoms with Gasteiger partial charge in [-0.05, 0) is 24.3 Å². The fraction of sp³-hybridized carbons (Fsp3) is 0.385. The molecule has 6 heteroatoms. The topological polar surface area (TPSA) is 70.1 Å². The molecule has 1 fully saturated rings. The number of ether oxygens (including phenoxy) is 1. The third-order valence-electron chi connectivity index (χ3n) is 3.19. The molecule has 6 nitrogen and oxygen atoms in total. The van der Waals surface area contributed by atoms with Gasteiger partial charge >= 0.3 is 11.9 Å². The van der Waals surface area contributed by atoms with Crippen molar-refractivity contribution in [3.8, 4) is 5.75 Å². The summed E-state index contributed by atoms with van der Waals surface area (Å²) in [5.41, 5.74) is 1.04. The monoisotopic (exact) mass is 264 g/mol. The van der Waals surface area contributed by atoms with Crippen molar-refractivity contribution in [2.24, 2.45) is 0 Å². The Kier molecular flexibility index (Phi) is 3.89. The standard InChI is InChI=1S/C13H16N2O4/c1-19-11-4-2-10(3-5-11)14-6-8-15(9-7-14)12(16)13(17)18/h2-5H,6-9H2,1H3,(H,17,18). The number of anilines is 1. The van der Waals surface area contributed by atoms with E-state index in [4.69, 9.17) is 9.84 Å². The van der Waals surface area contributed by atoms with Gasteiger partial charge in [0, 0.05) is 31.9 Å². The summed E-state index contributed by atoms with van der Waals surface area (Å²) < 4.78 is 5.09. The molecule has 0 radical (unpaired) electrons. The average Bonchev–Trinajstić information content (AvgIpc) is 2.46. The number of carboxylic acids is 1. The van der Waals surface area contributed by atoms with E-state index in [1.165, 1.54) is 4.90 Å². The fourth-order valence-corrected chi connectivity index (χ4v) is 2.10. The minimum absolute atomic E-state index is 0.428. The van der Waals surface area contributed by atoms with Gasteiger partial charge in [0.25, 0.3) is 0 Å². The number of nitrogens with zero attached hydrogens (tertiary/aromatic N) is 2. The highest BCUT2D eigenvalue weighted by molar-refractivity contribution is 6.31. The van der Waals surface area contributed by atoms with Gasteiger partial charge in [0.05, 0.1) is 7.11 Å². The lowest BCUT2D eigenvalue weighted by atomic mass is 10.2. The number of methoxy groups -OCH3 is 1. The molecule has 0 atom stereocenters. The van der Waals surface area contributed by atoms with E-state index in [-0.39, 0.29) is 0 Å². The summed E-state index contributed by atoms with van der Waals surface area (Å²) >= 11 is 0. The molecule has 1 heterocycles. The largest absolute Gasteiger partial charge is 0.497 e. The smallest absolute Gasteiger partial charge is 0.394 e. The molecule has 1 aliphatic heterocycles. The van der Waals surface area contributed by atoms with Crippen molar-refractivity contribution in [1.82, 2.24) is 4.90 Å². The van der Waals surface area contributed by atoms with Gasteiger partial charge in [0.1, 0.15) is 5.75 Å². The number of amides is 1. The summed E-state index contributed by atoms with van der Waals surface area (Å²) in [4.78, 5) is 25.4. The second-order valence-electron chi connectivity index (χ2n) is 4.28. The average molecular weight is 264 g/mol. The number of piperazine rings is 1. The van der Waals surface area contributed by atoms with Gasteiger partial charge in [-0.25, -0.2) is 4.79 Å². The Bertz CT molecular complexity index is 464. The van der Waals surface area contributed by atoms with Crippen molar-refractivity contribution in [1.29, 1.82) is 0 Å². The molecule has 1 aliphatic rings. The lowest BCUT2D eigenvalue weighted by molar-refractivity contribution is -0.156. The highest BCUT2D eigenvalue weighted by atomic mass is 16.5. The zero-order chi connectivity index (χ0) is 13.8. The maximum atomic E-state index is 11.3. The van der Waals surface area contributed by atoms with Gasteiger partial charge in [-0.3, -0.25) is 4.79 Å². The molecule has 1 aromatic carbocycles. The first-order valence-electron chi connectivity index (χ1n) is 6.03. The molecule has 1 saturated heterocycles. The number of carbonyl (C=O) groups is 2. The van der Waals surface area contributed by atoms with Crippen LogP contribution in [0.4, 0.5) is 5.69 Å². The molecule has 19 heavy (non-hydrogen) atoms. The number of aliphatic carboxylic acids is 1. The zero-order valence-electron chi connectivity index (χ0n) is 10.7. The van der Waals surface area contributed by atoms with Gasteiger partial charge in [-0.2, -0.15) is 0 Å².